The zero-order valence-corrected chi connectivity index (χ0v) is 24.5. The summed E-state index contributed by atoms with van der Waals surface area (Å²) in [5, 5.41) is 4.67. The van der Waals surface area contributed by atoms with Crippen molar-refractivity contribution in [3.05, 3.63) is 170 Å². The number of hydrogen-bond donors (Lipinski definition) is 0. The number of nitrogens with zero attached hydrogens (tertiary/aromatic N) is 2. The van der Waals surface area contributed by atoms with Gasteiger partial charge in [-0.25, -0.2) is 0 Å². The third kappa shape index (κ3) is 4.13. The zero-order chi connectivity index (χ0) is 29.7. The lowest BCUT2D eigenvalue weighted by Crippen LogP contribution is -2.10. The van der Waals surface area contributed by atoms with Gasteiger partial charge in [-0.15, -0.1) is 0 Å². The molecule has 0 unspecified atom stereocenters. The first-order valence-corrected chi connectivity index (χ1v) is 15.3. The Labute approximate surface area is 260 Å². The fraction of sp³-hybridized carbons (Fsp3) is 0. The largest absolute Gasteiger partial charge is 0.454 e. The SMILES string of the molecule is c1ccc(-c2ccc(N(c3ccccc3)c3ccc(-n4c5ccccc5c5ccc6c7ccccc7oc6c54)cc3)cc2)cc1. The van der Waals surface area contributed by atoms with Gasteiger partial charge in [-0.1, -0.05) is 103 Å². The lowest BCUT2D eigenvalue weighted by atomic mass is 10.0. The van der Waals surface area contributed by atoms with Gasteiger partial charge >= 0.3 is 0 Å². The molecule has 0 aliphatic rings. The first-order chi connectivity index (χ1) is 22.3. The van der Waals surface area contributed by atoms with Crippen LogP contribution in [-0.4, -0.2) is 4.57 Å². The van der Waals surface area contributed by atoms with E-state index in [-0.39, 0.29) is 0 Å². The number of para-hydroxylation sites is 3. The first kappa shape index (κ1) is 25.4. The van der Waals surface area contributed by atoms with Crippen LogP contribution >= 0.6 is 0 Å². The maximum Gasteiger partial charge on any atom is 0.160 e. The molecule has 45 heavy (non-hydrogen) atoms. The molecule has 3 heteroatoms. The van der Waals surface area contributed by atoms with Gasteiger partial charge in [0.2, 0.25) is 0 Å². The second kappa shape index (κ2) is 10.3. The van der Waals surface area contributed by atoms with Crippen molar-refractivity contribution in [2.45, 2.75) is 0 Å². The molecule has 0 radical (unpaired) electrons. The minimum Gasteiger partial charge on any atom is -0.454 e. The Kier molecular flexibility index (Phi) is 5.82. The molecule has 9 aromatic rings. The maximum absolute atomic E-state index is 6.55. The number of fused-ring (bicyclic) bond motifs is 7. The van der Waals surface area contributed by atoms with Crippen LogP contribution in [-0.2, 0) is 0 Å². The average Bonchev–Trinajstić information content (AvgIpc) is 3.66. The lowest BCUT2D eigenvalue weighted by molar-refractivity contribution is 0.671. The van der Waals surface area contributed by atoms with Gasteiger partial charge in [0.25, 0.3) is 0 Å². The molecule has 0 saturated carbocycles. The van der Waals surface area contributed by atoms with Crippen LogP contribution < -0.4 is 4.90 Å². The van der Waals surface area contributed by atoms with Gasteiger partial charge in [-0.05, 0) is 77.9 Å². The van der Waals surface area contributed by atoms with Crippen LogP contribution in [0.1, 0.15) is 0 Å². The van der Waals surface area contributed by atoms with Gasteiger partial charge in [0.05, 0.1) is 11.0 Å². The van der Waals surface area contributed by atoms with E-state index >= 15 is 0 Å². The van der Waals surface area contributed by atoms with Crippen molar-refractivity contribution < 1.29 is 4.42 Å². The molecule has 7 aromatic carbocycles. The van der Waals surface area contributed by atoms with Crippen LogP contribution in [0.25, 0.3) is 60.6 Å². The van der Waals surface area contributed by atoms with Crippen molar-refractivity contribution in [3.63, 3.8) is 0 Å². The number of benzene rings is 7. The number of rotatable bonds is 5. The summed E-state index contributed by atoms with van der Waals surface area (Å²) in [4.78, 5) is 2.31. The fourth-order valence-corrected chi connectivity index (χ4v) is 6.71. The highest BCUT2D eigenvalue weighted by Gasteiger charge is 2.19. The summed E-state index contributed by atoms with van der Waals surface area (Å²) in [6.45, 7) is 0. The lowest BCUT2D eigenvalue weighted by Gasteiger charge is -2.26. The van der Waals surface area contributed by atoms with Gasteiger partial charge in [0.1, 0.15) is 5.58 Å². The highest BCUT2D eigenvalue weighted by molar-refractivity contribution is 6.21. The Balaban J connectivity index is 1.20. The second-order valence-electron chi connectivity index (χ2n) is 11.4. The Bertz CT molecular complexity index is 2450. The summed E-state index contributed by atoms with van der Waals surface area (Å²) in [5.41, 5.74) is 10.9. The number of hydrogen-bond acceptors (Lipinski definition) is 2. The van der Waals surface area contributed by atoms with E-state index in [0.29, 0.717) is 0 Å². The molecule has 2 heterocycles. The second-order valence-corrected chi connectivity index (χ2v) is 11.4. The third-order valence-corrected chi connectivity index (χ3v) is 8.79. The Morgan fingerprint density at radius 2 is 0.956 bits per heavy atom. The van der Waals surface area contributed by atoms with Crippen LogP contribution in [0.3, 0.4) is 0 Å². The van der Waals surface area contributed by atoms with Gasteiger partial charge in [-0.3, -0.25) is 0 Å². The van der Waals surface area contributed by atoms with Crippen molar-refractivity contribution in [2.24, 2.45) is 0 Å². The highest BCUT2D eigenvalue weighted by atomic mass is 16.3. The molecule has 0 atom stereocenters. The summed E-state index contributed by atoms with van der Waals surface area (Å²) < 4.78 is 8.90. The van der Waals surface area contributed by atoms with Gasteiger partial charge in [0.15, 0.2) is 5.58 Å². The third-order valence-electron chi connectivity index (χ3n) is 8.79. The highest BCUT2D eigenvalue weighted by Crippen LogP contribution is 2.41. The first-order valence-electron chi connectivity index (χ1n) is 15.3. The smallest absolute Gasteiger partial charge is 0.160 e. The van der Waals surface area contributed by atoms with Gasteiger partial charge in [-0.2, -0.15) is 0 Å². The normalized spacial score (nSPS) is 11.6. The number of aromatic nitrogens is 1. The minimum absolute atomic E-state index is 0.906. The van der Waals surface area contributed by atoms with Crippen LogP contribution in [0.5, 0.6) is 0 Å². The molecule has 2 aromatic heterocycles. The predicted octanol–water partition coefficient (Wildman–Crippen LogP) is 11.8. The van der Waals surface area contributed by atoms with E-state index < -0.39 is 0 Å². The standard InChI is InChI=1S/C42H28N2O/c1-3-11-29(12-4-1)30-19-21-32(22-20-30)43(31-13-5-2-6-14-31)33-23-25-34(26-24-33)44-39-17-9-7-15-35(39)37-27-28-38-36-16-8-10-18-40(36)45-42(38)41(37)44/h1-28H. The summed E-state index contributed by atoms with van der Waals surface area (Å²) in [6.07, 6.45) is 0. The molecular formula is C42H28N2O. The Hall–Kier alpha value is -6.06. The van der Waals surface area contributed by atoms with Gasteiger partial charge < -0.3 is 13.9 Å². The molecule has 0 N–H and O–H groups in total. The molecular weight excluding hydrogens is 548 g/mol. The van der Waals surface area contributed by atoms with Crippen molar-refractivity contribution in [3.8, 4) is 16.8 Å². The van der Waals surface area contributed by atoms with E-state index in [1.807, 2.05) is 12.1 Å². The molecule has 0 aliphatic heterocycles. The van der Waals surface area contributed by atoms with E-state index in [9.17, 15) is 0 Å². The van der Waals surface area contributed by atoms with Crippen LogP contribution in [0, 0.1) is 0 Å². The summed E-state index contributed by atoms with van der Waals surface area (Å²) in [6, 6.07) is 60.1. The number of furan rings is 1. The van der Waals surface area contributed by atoms with Crippen LogP contribution in [0.4, 0.5) is 17.1 Å². The van der Waals surface area contributed by atoms with Crippen LogP contribution in [0.15, 0.2) is 174 Å². The Morgan fingerprint density at radius 3 is 1.71 bits per heavy atom. The zero-order valence-electron chi connectivity index (χ0n) is 24.5. The van der Waals surface area contributed by atoms with Crippen molar-refractivity contribution >= 4 is 60.8 Å². The van der Waals surface area contributed by atoms with Crippen molar-refractivity contribution in [1.29, 1.82) is 0 Å². The van der Waals surface area contributed by atoms with Crippen molar-refractivity contribution in [1.82, 2.24) is 4.57 Å². The van der Waals surface area contributed by atoms with E-state index in [0.717, 1.165) is 55.7 Å². The fourth-order valence-electron chi connectivity index (χ4n) is 6.71. The molecule has 0 amide bonds. The molecule has 0 aliphatic carbocycles. The molecule has 0 fully saturated rings. The molecule has 9 rings (SSSR count). The molecule has 0 bridgehead atoms. The molecule has 0 spiro atoms. The van der Waals surface area contributed by atoms with E-state index in [1.54, 1.807) is 0 Å². The maximum atomic E-state index is 6.55. The van der Waals surface area contributed by atoms with E-state index in [4.69, 9.17) is 4.42 Å². The quantitative estimate of drug-likeness (QED) is 0.203. The predicted molar refractivity (Wildman–Crippen MR) is 188 cm³/mol. The molecule has 3 nitrogen and oxygen atoms in total. The summed E-state index contributed by atoms with van der Waals surface area (Å²) in [5.74, 6) is 0. The Morgan fingerprint density at radius 1 is 0.400 bits per heavy atom. The minimum atomic E-state index is 0.906. The number of anilines is 3. The van der Waals surface area contributed by atoms with Crippen molar-refractivity contribution in [2.75, 3.05) is 4.90 Å². The van der Waals surface area contributed by atoms with Crippen LogP contribution in [0.2, 0.25) is 0 Å². The van der Waals surface area contributed by atoms with E-state index in [2.05, 4.69) is 167 Å². The average molecular weight is 577 g/mol. The monoisotopic (exact) mass is 576 g/mol. The van der Waals surface area contributed by atoms with E-state index in [1.165, 1.54) is 21.9 Å². The van der Waals surface area contributed by atoms with Gasteiger partial charge in [0, 0.05) is 44.3 Å². The summed E-state index contributed by atoms with van der Waals surface area (Å²) in [7, 11) is 0. The molecule has 0 saturated heterocycles. The topological polar surface area (TPSA) is 21.3 Å². The summed E-state index contributed by atoms with van der Waals surface area (Å²) >= 11 is 0. The molecule has 212 valence electrons.